The van der Waals surface area contributed by atoms with Crippen LogP contribution in [0.2, 0.25) is 0 Å². The summed E-state index contributed by atoms with van der Waals surface area (Å²) in [6.45, 7) is 14.4. The monoisotopic (exact) mass is 481 g/mol. The SMILES string of the molecule is CCNC(=NCC(C)(O)c1ccc(C)o1)NCCC(OCC)C(C)C.I. The first kappa shape index (κ1) is 25.2. The van der Waals surface area contributed by atoms with E-state index in [9.17, 15) is 5.11 Å². The molecule has 3 N–H and O–H groups in total. The van der Waals surface area contributed by atoms with E-state index in [4.69, 9.17) is 9.15 Å². The summed E-state index contributed by atoms with van der Waals surface area (Å²) < 4.78 is 11.3. The summed E-state index contributed by atoms with van der Waals surface area (Å²) in [6, 6.07) is 3.64. The fraction of sp³-hybridized carbons (Fsp3) is 0.737. The van der Waals surface area contributed by atoms with E-state index in [0.29, 0.717) is 17.6 Å². The number of nitrogens with zero attached hydrogens (tertiary/aromatic N) is 1. The van der Waals surface area contributed by atoms with Crippen molar-refractivity contribution in [2.24, 2.45) is 10.9 Å². The highest BCUT2D eigenvalue weighted by atomic mass is 127. The van der Waals surface area contributed by atoms with Gasteiger partial charge >= 0.3 is 0 Å². The molecule has 2 atom stereocenters. The fourth-order valence-corrected chi connectivity index (χ4v) is 2.53. The molecule has 6 nitrogen and oxygen atoms in total. The van der Waals surface area contributed by atoms with Crippen molar-refractivity contribution in [3.63, 3.8) is 0 Å². The molecule has 0 radical (unpaired) electrons. The number of furan rings is 1. The Bertz CT molecular complexity index is 530. The Morgan fingerprint density at radius 1 is 1.31 bits per heavy atom. The van der Waals surface area contributed by atoms with Gasteiger partial charge in [0.1, 0.15) is 17.1 Å². The topological polar surface area (TPSA) is 79.0 Å². The van der Waals surface area contributed by atoms with Crippen LogP contribution in [0.25, 0.3) is 0 Å². The number of halogens is 1. The van der Waals surface area contributed by atoms with Gasteiger partial charge in [0.2, 0.25) is 0 Å². The Kier molecular flexibility index (Phi) is 12.2. The largest absolute Gasteiger partial charge is 0.463 e. The zero-order chi connectivity index (χ0) is 18.9. The second-order valence-corrected chi connectivity index (χ2v) is 6.83. The van der Waals surface area contributed by atoms with Gasteiger partial charge in [-0.05, 0) is 52.2 Å². The van der Waals surface area contributed by atoms with Crippen LogP contribution in [0.5, 0.6) is 0 Å². The molecule has 0 aliphatic carbocycles. The first-order valence-corrected chi connectivity index (χ1v) is 9.23. The maximum absolute atomic E-state index is 10.6. The number of rotatable bonds is 10. The van der Waals surface area contributed by atoms with E-state index in [0.717, 1.165) is 31.9 Å². The van der Waals surface area contributed by atoms with Crippen LogP contribution in [0.1, 0.15) is 52.6 Å². The van der Waals surface area contributed by atoms with Crippen LogP contribution in [-0.2, 0) is 10.3 Å². The molecule has 0 fully saturated rings. The van der Waals surface area contributed by atoms with Crippen LogP contribution in [-0.4, -0.2) is 43.4 Å². The van der Waals surface area contributed by atoms with Crippen LogP contribution < -0.4 is 10.6 Å². The molecule has 0 aliphatic rings. The average Bonchev–Trinajstić information content (AvgIpc) is 2.99. The minimum absolute atomic E-state index is 0. The number of aliphatic hydroxyl groups is 1. The summed E-state index contributed by atoms with van der Waals surface area (Å²) >= 11 is 0. The average molecular weight is 481 g/mol. The number of hydrogen-bond acceptors (Lipinski definition) is 4. The summed E-state index contributed by atoms with van der Waals surface area (Å²) in [5.74, 6) is 2.47. The van der Waals surface area contributed by atoms with Gasteiger partial charge in [0.25, 0.3) is 0 Å². The first-order valence-electron chi connectivity index (χ1n) is 9.23. The first-order chi connectivity index (χ1) is 11.8. The maximum atomic E-state index is 10.6. The molecule has 7 heteroatoms. The zero-order valence-electron chi connectivity index (χ0n) is 17.0. The summed E-state index contributed by atoms with van der Waals surface area (Å²) in [5.41, 5.74) is -1.14. The predicted octanol–water partition coefficient (Wildman–Crippen LogP) is 3.42. The molecule has 2 unspecified atom stereocenters. The van der Waals surface area contributed by atoms with Gasteiger partial charge in [-0.15, -0.1) is 24.0 Å². The Morgan fingerprint density at radius 2 is 2.00 bits per heavy atom. The summed E-state index contributed by atoms with van der Waals surface area (Å²) in [5, 5.41) is 17.1. The molecule has 1 heterocycles. The number of guanidine groups is 1. The van der Waals surface area contributed by atoms with Gasteiger partial charge in [-0.1, -0.05) is 13.8 Å². The van der Waals surface area contributed by atoms with Crippen molar-refractivity contribution >= 4 is 29.9 Å². The van der Waals surface area contributed by atoms with Gasteiger partial charge in [-0.3, -0.25) is 0 Å². The lowest BCUT2D eigenvalue weighted by Crippen LogP contribution is -2.40. The molecule has 0 saturated carbocycles. The third-order valence-electron chi connectivity index (χ3n) is 4.01. The predicted molar refractivity (Wildman–Crippen MR) is 117 cm³/mol. The van der Waals surface area contributed by atoms with Gasteiger partial charge in [0.05, 0.1) is 12.6 Å². The quantitative estimate of drug-likeness (QED) is 0.271. The second-order valence-electron chi connectivity index (χ2n) is 6.83. The van der Waals surface area contributed by atoms with Crippen molar-refractivity contribution in [1.82, 2.24) is 10.6 Å². The zero-order valence-corrected chi connectivity index (χ0v) is 19.3. The molecule has 0 bridgehead atoms. The molecule has 152 valence electrons. The van der Waals surface area contributed by atoms with Crippen molar-refractivity contribution in [1.29, 1.82) is 0 Å². The Hall–Kier alpha value is -0.800. The van der Waals surface area contributed by atoms with Crippen LogP contribution in [0, 0.1) is 12.8 Å². The van der Waals surface area contributed by atoms with Gasteiger partial charge in [0.15, 0.2) is 5.96 Å². The normalized spacial score (nSPS) is 15.3. The highest BCUT2D eigenvalue weighted by Gasteiger charge is 2.26. The molecule has 1 aromatic heterocycles. The lowest BCUT2D eigenvalue weighted by atomic mass is 10.0. The molecule has 1 aromatic rings. The van der Waals surface area contributed by atoms with Crippen molar-refractivity contribution < 1.29 is 14.3 Å². The molecule has 0 saturated heterocycles. The van der Waals surface area contributed by atoms with Gasteiger partial charge < -0.3 is 24.9 Å². The van der Waals surface area contributed by atoms with E-state index in [1.54, 1.807) is 13.0 Å². The number of aliphatic imine (C=N–C) groups is 1. The van der Waals surface area contributed by atoms with Crippen molar-refractivity contribution in [3.05, 3.63) is 23.7 Å². The van der Waals surface area contributed by atoms with E-state index in [1.165, 1.54) is 0 Å². The lowest BCUT2D eigenvalue weighted by molar-refractivity contribution is 0.0257. The highest BCUT2D eigenvalue weighted by Crippen LogP contribution is 2.23. The van der Waals surface area contributed by atoms with E-state index in [2.05, 4.69) is 29.5 Å². The minimum atomic E-state index is -1.14. The van der Waals surface area contributed by atoms with Crippen LogP contribution in [0.3, 0.4) is 0 Å². The second kappa shape index (κ2) is 12.6. The van der Waals surface area contributed by atoms with Gasteiger partial charge in [0, 0.05) is 19.7 Å². The summed E-state index contributed by atoms with van der Waals surface area (Å²) in [6.07, 6.45) is 1.14. The smallest absolute Gasteiger partial charge is 0.191 e. The Labute approximate surface area is 175 Å². The molecule has 1 rings (SSSR count). The van der Waals surface area contributed by atoms with Crippen molar-refractivity contribution in [2.75, 3.05) is 26.2 Å². The Morgan fingerprint density at radius 3 is 2.50 bits per heavy atom. The van der Waals surface area contributed by atoms with E-state index in [1.807, 2.05) is 26.8 Å². The lowest BCUT2D eigenvalue weighted by Gasteiger charge is -2.22. The summed E-state index contributed by atoms with van der Waals surface area (Å²) in [4.78, 5) is 4.50. The molecular formula is C19H36IN3O3. The van der Waals surface area contributed by atoms with Crippen molar-refractivity contribution in [2.45, 2.75) is 59.7 Å². The minimum Gasteiger partial charge on any atom is -0.463 e. The van der Waals surface area contributed by atoms with E-state index in [-0.39, 0.29) is 36.6 Å². The molecule has 0 amide bonds. The molecular weight excluding hydrogens is 445 g/mol. The molecule has 26 heavy (non-hydrogen) atoms. The van der Waals surface area contributed by atoms with Crippen molar-refractivity contribution in [3.8, 4) is 0 Å². The van der Waals surface area contributed by atoms with Crippen LogP contribution in [0.4, 0.5) is 0 Å². The third kappa shape index (κ3) is 8.73. The Balaban J connectivity index is 0.00000625. The molecule has 0 aromatic carbocycles. The third-order valence-corrected chi connectivity index (χ3v) is 4.01. The van der Waals surface area contributed by atoms with Crippen LogP contribution >= 0.6 is 24.0 Å². The maximum Gasteiger partial charge on any atom is 0.191 e. The fourth-order valence-electron chi connectivity index (χ4n) is 2.53. The molecule has 0 spiro atoms. The number of aryl methyl sites for hydroxylation is 1. The van der Waals surface area contributed by atoms with E-state index < -0.39 is 5.60 Å². The number of ether oxygens (including phenoxy) is 1. The number of nitrogens with one attached hydrogen (secondary N) is 2. The van der Waals surface area contributed by atoms with Crippen LogP contribution in [0.15, 0.2) is 21.5 Å². The van der Waals surface area contributed by atoms with E-state index >= 15 is 0 Å². The standard InChI is InChI=1S/C19H35N3O3.HI/c1-7-20-18(21-12-11-16(14(3)4)24-8-2)22-13-19(6,23)17-10-9-15(5)25-17;/h9-10,14,16,23H,7-8,11-13H2,1-6H3,(H2,20,21,22);1H. The summed E-state index contributed by atoms with van der Waals surface area (Å²) in [7, 11) is 0. The van der Waals surface area contributed by atoms with Gasteiger partial charge in [-0.25, -0.2) is 4.99 Å². The van der Waals surface area contributed by atoms with Gasteiger partial charge in [-0.2, -0.15) is 0 Å². The molecule has 0 aliphatic heterocycles. The highest BCUT2D eigenvalue weighted by molar-refractivity contribution is 14.0. The number of hydrogen-bond donors (Lipinski definition) is 3.